The van der Waals surface area contributed by atoms with Crippen molar-refractivity contribution in [2.45, 2.75) is 26.2 Å². The van der Waals surface area contributed by atoms with E-state index in [2.05, 4.69) is 6.92 Å². The number of hydrogen-bond donors (Lipinski definition) is 0. The van der Waals surface area contributed by atoms with Gasteiger partial charge in [0.25, 0.3) is 0 Å². The van der Waals surface area contributed by atoms with Crippen LogP contribution in [-0.4, -0.2) is 6.29 Å². The molecule has 5 heteroatoms. The molecule has 2 atom stereocenters. The van der Waals surface area contributed by atoms with E-state index in [1.807, 2.05) is 18.2 Å². The molecule has 0 aliphatic carbocycles. The van der Waals surface area contributed by atoms with Gasteiger partial charge in [0.05, 0.1) is 0 Å². The van der Waals surface area contributed by atoms with Gasteiger partial charge in [0, 0.05) is 11.6 Å². The van der Waals surface area contributed by atoms with Crippen LogP contribution in [0.25, 0.3) is 0 Å². The molecule has 0 spiro atoms. The second kappa shape index (κ2) is 9.46. The smallest absolute Gasteiger partial charge is 0.520 e. The van der Waals surface area contributed by atoms with E-state index in [0.29, 0.717) is 23.0 Å². The zero-order chi connectivity index (χ0) is 15.4. The van der Waals surface area contributed by atoms with E-state index in [9.17, 15) is 4.39 Å². The topological polar surface area (TPSA) is 27.7 Å². The number of hydrogen-bond acceptors (Lipinski definition) is 3. The summed E-state index contributed by atoms with van der Waals surface area (Å²) in [5.74, 6) is 1.44. The summed E-state index contributed by atoms with van der Waals surface area (Å²) in [4.78, 5) is 0. The number of rotatable bonds is 5. The third-order valence-electron chi connectivity index (χ3n) is 3.45. The Balaban J connectivity index is 0.00000192. The Labute approximate surface area is 194 Å². The summed E-state index contributed by atoms with van der Waals surface area (Å²) in [5.41, 5.74) is 0.524. The molecule has 0 bridgehead atoms. The summed E-state index contributed by atoms with van der Waals surface area (Å²) >= 11 is 0. The van der Waals surface area contributed by atoms with Crippen molar-refractivity contribution in [2.24, 2.45) is 5.92 Å². The Morgan fingerprint density at radius 1 is 1.17 bits per heavy atom. The van der Waals surface area contributed by atoms with Crippen LogP contribution in [0.4, 0.5) is 4.39 Å². The number of ether oxygens (including phenoxy) is 3. The average molecular weight is 434 g/mol. The molecule has 0 amide bonds. The molecule has 1 saturated heterocycles. The first-order valence-electron chi connectivity index (χ1n) is 7.32. The van der Waals surface area contributed by atoms with Gasteiger partial charge in [-0.25, -0.2) is 11.0 Å². The summed E-state index contributed by atoms with van der Waals surface area (Å²) in [7, 11) is 0. The van der Waals surface area contributed by atoms with E-state index < -0.39 is 0 Å². The molecule has 1 aliphatic rings. The largest absolute Gasteiger partial charge is 1.00 e. The predicted molar refractivity (Wildman–Crippen MR) is 80.8 cm³/mol. The molecular formula is C18H18CsFO3. The van der Waals surface area contributed by atoms with E-state index >= 15 is 0 Å². The molecule has 2 aromatic rings. The summed E-state index contributed by atoms with van der Waals surface area (Å²) in [5, 5.41) is 0. The average Bonchev–Trinajstić information content (AvgIpc) is 2.92. The van der Waals surface area contributed by atoms with Gasteiger partial charge in [0.2, 0.25) is 0 Å². The van der Waals surface area contributed by atoms with Crippen molar-refractivity contribution >= 4 is 0 Å². The third-order valence-corrected chi connectivity index (χ3v) is 3.45. The minimum absolute atomic E-state index is 0. The SMILES string of the molecule is C[C@H]1[CH-]OC(Oc2cccc(OCc3ccccc3F)c2)C1.[Cs+]. The molecule has 23 heavy (non-hydrogen) atoms. The summed E-state index contributed by atoms with van der Waals surface area (Å²) in [6, 6.07) is 13.9. The molecule has 2 aromatic carbocycles. The Bertz CT molecular complexity index is 635. The van der Waals surface area contributed by atoms with Gasteiger partial charge in [0.1, 0.15) is 23.9 Å². The Hall–Kier alpha value is -0.0181. The fraction of sp³-hybridized carbons (Fsp3) is 0.278. The summed E-state index contributed by atoms with van der Waals surface area (Å²) in [6.07, 6.45) is 0.581. The molecule has 1 fully saturated rings. The van der Waals surface area contributed by atoms with Crippen molar-refractivity contribution in [1.29, 1.82) is 0 Å². The maximum absolute atomic E-state index is 13.6. The van der Waals surface area contributed by atoms with Crippen molar-refractivity contribution in [3.63, 3.8) is 0 Å². The van der Waals surface area contributed by atoms with Crippen LogP contribution in [0.15, 0.2) is 48.5 Å². The van der Waals surface area contributed by atoms with E-state index in [0.717, 1.165) is 6.42 Å². The standard InChI is InChI=1S/C18H18FO3.Cs/c1-13-9-18(21-11-13)22-16-7-4-6-15(10-16)20-12-14-5-2-3-8-17(14)19;/h2-8,10-11,13,18H,9,12H2,1H3;/q-1;+1/t13-,18?;/m1./s1. The van der Waals surface area contributed by atoms with Crippen molar-refractivity contribution in [3.05, 3.63) is 66.5 Å². The monoisotopic (exact) mass is 434 g/mol. The molecule has 0 aromatic heterocycles. The first-order chi connectivity index (χ1) is 10.7. The molecular weight excluding hydrogens is 416 g/mol. The second-order valence-corrected chi connectivity index (χ2v) is 5.39. The Morgan fingerprint density at radius 3 is 2.70 bits per heavy atom. The van der Waals surface area contributed by atoms with Crippen molar-refractivity contribution in [1.82, 2.24) is 0 Å². The summed E-state index contributed by atoms with van der Waals surface area (Å²) < 4.78 is 30.4. The quantitative estimate of drug-likeness (QED) is 0.665. The van der Waals surface area contributed by atoms with E-state index in [1.165, 1.54) is 6.07 Å². The molecule has 0 saturated carbocycles. The maximum Gasteiger partial charge on any atom is 1.00 e. The van der Waals surface area contributed by atoms with Crippen LogP contribution in [0, 0.1) is 18.3 Å². The fourth-order valence-electron chi connectivity index (χ4n) is 2.28. The number of benzene rings is 2. The van der Waals surface area contributed by atoms with Crippen LogP contribution in [0.1, 0.15) is 18.9 Å². The molecule has 0 radical (unpaired) electrons. The third kappa shape index (κ3) is 5.78. The van der Waals surface area contributed by atoms with Gasteiger partial charge in [-0.2, -0.15) is 0 Å². The van der Waals surface area contributed by atoms with Crippen LogP contribution in [0.3, 0.4) is 0 Å². The second-order valence-electron chi connectivity index (χ2n) is 5.39. The van der Waals surface area contributed by atoms with Crippen molar-refractivity contribution in [3.8, 4) is 11.5 Å². The first-order valence-corrected chi connectivity index (χ1v) is 7.32. The molecule has 3 rings (SSSR count). The van der Waals surface area contributed by atoms with E-state index in [4.69, 9.17) is 14.2 Å². The van der Waals surface area contributed by atoms with Gasteiger partial charge in [-0.1, -0.05) is 31.2 Å². The van der Waals surface area contributed by atoms with E-state index in [1.54, 1.807) is 30.9 Å². The molecule has 116 valence electrons. The van der Waals surface area contributed by atoms with Crippen LogP contribution in [-0.2, 0) is 11.3 Å². The predicted octanol–water partition coefficient (Wildman–Crippen LogP) is 1.33. The van der Waals surface area contributed by atoms with Gasteiger partial charge in [-0.15, -0.1) is 5.92 Å². The minimum atomic E-state index is -0.265. The van der Waals surface area contributed by atoms with Crippen LogP contribution >= 0.6 is 0 Å². The van der Waals surface area contributed by atoms with Gasteiger partial charge in [-0.3, -0.25) is 0 Å². The van der Waals surface area contributed by atoms with Gasteiger partial charge in [0.15, 0.2) is 6.29 Å². The normalized spacial score (nSPS) is 19.9. The Morgan fingerprint density at radius 2 is 1.96 bits per heavy atom. The van der Waals surface area contributed by atoms with Gasteiger partial charge < -0.3 is 14.2 Å². The van der Waals surface area contributed by atoms with Gasteiger partial charge in [-0.05, 0) is 24.6 Å². The fourth-order valence-corrected chi connectivity index (χ4v) is 2.28. The molecule has 1 heterocycles. The molecule has 3 nitrogen and oxygen atoms in total. The van der Waals surface area contributed by atoms with E-state index in [-0.39, 0.29) is 87.6 Å². The maximum atomic E-state index is 13.6. The van der Waals surface area contributed by atoms with Crippen LogP contribution in [0.2, 0.25) is 0 Å². The van der Waals surface area contributed by atoms with Crippen molar-refractivity contribution < 1.29 is 87.5 Å². The van der Waals surface area contributed by atoms with Gasteiger partial charge >= 0.3 is 68.9 Å². The zero-order valence-corrected chi connectivity index (χ0v) is 19.6. The molecule has 1 unspecified atom stereocenters. The summed E-state index contributed by atoms with van der Waals surface area (Å²) in [6.45, 7) is 4.06. The van der Waals surface area contributed by atoms with Crippen molar-refractivity contribution in [2.75, 3.05) is 0 Å². The number of halogens is 1. The Kier molecular flexibility index (Phi) is 7.94. The van der Waals surface area contributed by atoms with Crippen LogP contribution in [0.5, 0.6) is 11.5 Å². The first kappa shape index (κ1) is 19.3. The van der Waals surface area contributed by atoms with Crippen LogP contribution < -0.4 is 78.4 Å². The zero-order valence-electron chi connectivity index (χ0n) is 13.4. The molecule has 0 N–H and O–H groups in total. The molecule has 1 aliphatic heterocycles. The minimum Gasteiger partial charge on any atom is -0.520 e.